The molecular weight excluding hydrogens is 578 g/mol. The fourth-order valence-electron chi connectivity index (χ4n) is 4.21. The van der Waals surface area contributed by atoms with Crippen molar-refractivity contribution in [2.75, 3.05) is 31.6 Å². The first-order chi connectivity index (χ1) is 19.9. The number of ether oxygens (including phenoxy) is 2. The van der Waals surface area contributed by atoms with Gasteiger partial charge in [-0.15, -0.1) is 0 Å². The van der Waals surface area contributed by atoms with Gasteiger partial charge in [-0.05, 0) is 61.7 Å². The van der Waals surface area contributed by atoms with Crippen LogP contribution in [0.5, 0.6) is 11.5 Å². The molecule has 0 heterocycles. The van der Waals surface area contributed by atoms with E-state index in [2.05, 4.69) is 5.32 Å². The molecule has 9 nitrogen and oxygen atoms in total. The Hall–Kier alpha value is -3.76. The highest BCUT2D eigenvalue weighted by molar-refractivity contribution is 7.92. The zero-order valence-corrected chi connectivity index (χ0v) is 26.3. The minimum absolute atomic E-state index is 0.0494. The summed E-state index contributed by atoms with van der Waals surface area (Å²) in [6.07, 6.45) is 0. The van der Waals surface area contributed by atoms with E-state index in [9.17, 15) is 18.0 Å². The van der Waals surface area contributed by atoms with Crippen LogP contribution >= 0.6 is 11.6 Å². The molecule has 0 saturated heterocycles. The van der Waals surface area contributed by atoms with Crippen LogP contribution in [0.1, 0.15) is 31.9 Å². The molecule has 0 fully saturated rings. The lowest BCUT2D eigenvalue weighted by molar-refractivity contribution is -0.139. The van der Waals surface area contributed by atoms with Gasteiger partial charge in [0.2, 0.25) is 11.8 Å². The van der Waals surface area contributed by atoms with Crippen molar-refractivity contribution in [1.29, 1.82) is 0 Å². The number of carbonyl (C=O) groups excluding carboxylic acids is 2. The lowest BCUT2D eigenvalue weighted by Gasteiger charge is -2.32. The molecule has 0 unspecified atom stereocenters. The number of nitrogens with zero attached hydrogens (tertiary/aromatic N) is 2. The summed E-state index contributed by atoms with van der Waals surface area (Å²) >= 11 is 6.20. The average molecular weight is 616 g/mol. The maximum atomic E-state index is 14.1. The minimum Gasteiger partial charge on any atom is -0.493 e. The number of sulfonamides is 1. The second kappa shape index (κ2) is 14.4. The molecule has 0 aliphatic heterocycles. The molecule has 0 saturated carbocycles. The van der Waals surface area contributed by atoms with Crippen LogP contribution in [0.15, 0.2) is 71.6 Å². The first-order valence-corrected chi connectivity index (χ1v) is 15.3. The number of hydrogen-bond donors (Lipinski definition) is 1. The van der Waals surface area contributed by atoms with Gasteiger partial charge in [-0.2, -0.15) is 0 Å². The van der Waals surface area contributed by atoms with E-state index in [1.54, 1.807) is 55.5 Å². The molecule has 3 aromatic carbocycles. The van der Waals surface area contributed by atoms with Crippen molar-refractivity contribution in [2.24, 2.45) is 5.92 Å². The summed E-state index contributed by atoms with van der Waals surface area (Å²) in [6.45, 7) is 7.38. The number of benzene rings is 3. The van der Waals surface area contributed by atoms with Crippen LogP contribution in [-0.2, 0) is 26.2 Å². The lowest BCUT2D eigenvalue weighted by Crippen LogP contribution is -2.51. The van der Waals surface area contributed by atoms with E-state index >= 15 is 0 Å². The van der Waals surface area contributed by atoms with Gasteiger partial charge in [0.15, 0.2) is 11.5 Å². The van der Waals surface area contributed by atoms with E-state index in [4.69, 9.17) is 21.1 Å². The summed E-state index contributed by atoms with van der Waals surface area (Å²) in [7, 11) is -1.41. The topological polar surface area (TPSA) is 105 Å². The van der Waals surface area contributed by atoms with E-state index in [0.717, 1.165) is 9.87 Å². The summed E-state index contributed by atoms with van der Waals surface area (Å²) in [5.74, 6) is -0.104. The van der Waals surface area contributed by atoms with Crippen molar-refractivity contribution in [1.82, 2.24) is 10.2 Å². The number of aryl methyl sites for hydroxylation is 1. The predicted octanol–water partition coefficient (Wildman–Crippen LogP) is 5.05. The summed E-state index contributed by atoms with van der Waals surface area (Å²) < 4.78 is 39.8. The van der Waals surface area contributed by atoms with Crippen molar-refractivity contribution in [3.63, 3.8) is 0 Å². The molecule has 2 amide bonds. The van der Waals surface area contributed by atoms with Crippen LogP contribution in [0.2, 0.25) is 5.02 Å². The Morgan fingerprint density at radius 1 is 0.929 bits per heavy atom. The number of halogens is 1. The molecule has 1 atom stereocenters. The number of anilines is 1. The van der Waals surface area contributed by atoms with E-state index in [-0.39, 0.29) is 29.0 Å². The molecule has 3 aromatic rings. The molecule has 0 aromatic heterocycles. The number of nitrogens with one attached hydrogen (secondary N) is 1. The predicted molar refractivity (Wildman–Crippen MR) is 165 cm³/mol. The van der Waals surface area contributed by atoms with E-state index < -0.39 is 28.5 Å². The molecule has 226 valence electrons. The quantitative estimate of drug-likeness (QED) is 0.289. The van der Waals surface area contributed by atoms with Crippen LogP contribution in [0.3, 0.4) is 0 Å². The van der Waals surface area contributed by atoms with Crippen LogP contribution < -0.4 is 19.1 Å². The Kier molecular flexibility index (Phi) is 11.2. The molecule has 3 rings (SSSR count). The van der Waals surface area contributed by atoms with Gasteiger partial charge in [0, 0.05) is 24.2 Å². The van der Waals surface area contributed by atoms with E-state index in [1.165, 1.54) is 37.3 Å². The van der Waals surface area contributed by atoms with Gasteiger partial charge in [0.05, 0.1) is 24.8 Å². The standard InChI is InChI=1S/C31H38ClN3O6S/c1-21(2)18-33-31(37)23(4)34(19-24-8-7-9-25(32)16-24)30(36)20-35(26-12-10-22(3)11-13-26)42(38,39)27-14-15-28(40-5)29(17-27)41-6/h7-17,21,23H,18-20H2,1-6H3,(H,33,37)/t23-/m0/s1. The van der Waals surface area contributed by atoms with Gasteiger partial charge in [-0.1, -0.05) is 55.3 Å². The largest absolute Gasteiger partial charge is 0.493 e. The van der Waals surface area contributed by atoms with Crippen LogP contribution in [-0.4, -0.2) is 58.5 Å². The first kappa shape index (κ1) is 32.8. The third-order valence-electron chi connectivity index (χ3n) is 6.64. The Morgan fingerprint density at radius 2 is 1.60 bits per heavy atom. The molecule has 0 aliphatic rings. The smallest absolute Gasteiger partial charge is 0.264 e. The van der Waals surface area contributed by atoms with Gasteiger partial charge < -0.3 is 19.7 Å². The highest BCUT2D eigenvalue weighted by Gasteiger charge is 2.33. The number of carbonyl (C=O) groups is 2. The van der Waals surface area contributed by atoms with Crippen molar-refractivity contribution in [3.05, 3.63) is 82.9 Å². The molecule has 0 aliphatic carbocycles. The fraction of sp³-hybridized carbons (Fsp3) is 0.355. The highest BCUT2D eigenvalue weighted by atomic mass is 35.5. The van der Waals surface area contributed by atoms with Crippen LogP contribution in [0.4, 0.5) is 5.69 Å². The number of methoxy groups -OCH3 is 2. The third kappa shape index (κ3) is 8.17. The maximum absolute atomic E-state index is 14.1. The molecule has 0 spiro atoms. The summed E-state index contributed by atoms with van der Waals surface area (Å²) in [4.78, 5) is 28.4. The number of rotatable bonds is 13. The zero-order chi connectivity index (χ0) is 31.0. The molecule has 1 N–H and O–H groups in total. The first-order valence-electron chi connectivity index (χ1n) is 13.5. The van der Waals surface area contributed by atoms with Gasteiger partial charge in [0.25, 0.3) is 10.0 Å². The minimum atomic E-state index is -4.27. The Balaban J connectivity index is 2.05. The van der Waals surface area contributed by atoms with Crippen LogP contribution in [0.25, 0.3) is 0 Å². The SMILES string of the molecule is COc1ccc(S(=O)(=O)N(CC(=O)N(Cc2cccc(Cl)c2)[C@@H](C)C(=O)NCC(C)C)c2ccc(C)cc2)cc1OC. The monoisotopic (exact) mass is 615 g/mol. The number of hydrogen-bond acceptors (Lipinski definition) is 6. The lowest BCUT2D eigenvalue weighted by atomic mass is 10.1. The van der Waals surface area contributed by atoms with Gasteiger partial charge in [-0.25, -0.2) is 8.42 Å². The molecular formula is C31H38ClN3O6S. The molecule has 0 radical (unpaired) electrons. The fourth-order valence-corrected chi connectivity index (χ4v) is 5.85. The average Bonchev–Trinajstić information content (AvgIpc) is 2.97. The summed E-state index contributed by atoms with van der Waals surface area (Å²) in [6, 6.07) is 17.1. The summed E-state index contributed by atoms with van der Waals surface area (Å²) in [5, 5.41) is 3.35. The molecule has 42 heavy (non-hydrogen) atoms. The second-order valence-corrected chi connectivity index (χ2v) is 12.6. The van der Waals surface area contributed by atoms with Crippen molar-refractivity contribution < 1.29 is 27.5 Å². The van der Waals surface area contributed by atoms with E-state index in [0.29, 0.717) is 28.6 Å². The van der Waals surface area contributed by atoms with Crippen molar-refractivity contribution in [3.8, 4) is 11.5 Å². The van der Waals surface area contributed by atoms with Gasteiger partial charge in [0.1, 0.15) is 12.6 Å². The maximum Gasteiger partial charge on any atom is 0.264 e. The van der Waals surface area contributed by atoms with Crippen molar-refractivity contribution in [2.45, 2.75) is 45.2 Å². The Morgan fingerprint density at radius 3 is 2.19 bits per heavy atom. The van der Waals surface area contributed by atoms with Gasteiger partial charge in [-0.3, -0.25) is 13.9 Å². The third-order valence-corrected chi connectivity index (χ3v) is 8.64. The van der Waals surface area contributed by atoms with Gasteiger partial charge >= 0.3 is 0 Å². The number of amides is 2. The Bertz CT molecular complexity index is 1490. The Labute approximate surface area is 253 Å². The van der Waals surface area contributed by atoms with Crippen molar-refractivity contribution >= 4 is 39.1 Å². The molecule has 11 heteroatoms. The zero-order valence-electron chi connectivity index (χ0n) is 24.8. The highest BCUT2D eigenvalue weighted by Crippen LogP contribution is 2.32. The molecule has 0 bridgehead atoms. The summed E-state index contributed by atoms with van der Waals surface area (Å²) in [5.41, 5.74) is 1.92. The van der Waals surface area contributed by atoms with E-state index in [1.807, 2.05) is 20.8 Å². The normalized spacial score (nSPS) is 12.0. The second-order valence-electron chi connectivity index (χ2n) is 10.3. The van der Waals surface area contributed by atoms with Crippen LogP contribution in [0, 0.1) is 12.8 Å².